The summed E-state index contributed by atoms with van der Waals surface area (Å²) in [7, 11) is 0. The second-order valence-corrected chi connectivity index (χ2v) is 6.06. The molecule has 0 bridgehead atoms. The molecule has 0 aliphatic carbocycles. The SMILES string of the molecule is CC(=O)OC1C(=O)N2CCCSC12c1ccccc1. The largest absolute Gasteiger partial charge is 0.449 e. The third-order valence-electron chi connectivity index (χ3n) is 3.57. The average molecular weight is 277 g/mol. The van der Waals surface area contributed by atoms with Crippen molar-refractivity contribution in [3.05, 3.63) is 35.9 Å². The summed E-state index contributed by atoms with van der Waals surface area (Å²) < 4.78 is 5.27. The summed E-state index contributed by atoms with van der Waals surface area (Å²) in [6, 6.07) is 9.83. The highest BCUT2D eigenvalue weighted by Gasteiger charge is 2.64. The first-order chi connectivity index (χ1) is 9.16. The van der Waals surface area contributed by atoms with Crippen molar-refractivity contribution in [2.24, 2.45) is 0 Å². The highest BCUT2D eigenvalue weighted by atomic mass is 32.2. The highest BCUT2D eigenvalue weighted by Crippen LogP contribution is 2.54. The molecule has 0 saturated carbocycles. The van der Waals surface area contributed by atoms with Crippen LogP contribution in [-0.4, -0.2) is 35.2 Å². The van der Waals surface area contributed by atoms with E-state index in [2.05, 4.69) is 0 Å². The van der Waals surface area contributed by atoms with Crippen LogP contribution in [0.25, 0.3) is 0 Å². The lowest BCUT2D eigenvalue weighted by atomic mass is 9.89. The Balaban J connectivity index is 2.01. The molecule has 2 saturated heterocycles. The van der Waals surface area contributed by atoms with E-state index < -0.39 is 16.9 Å². The average Bonchev–Trinajstić information content (AvgIpc) is 2.44. The topological polar surface area (TPSA) is 46.6 Å². The number of hydrogen-bond donors (Lipinski definition) is 0. The Morgan fingerprint density at radius 1 is 1.42 bits per heavy atom. The smallest absolute Gasteiger partial charge is 0.303 e. The van der Waals surface area contributed by atoms with Crippen molar-refractivity contribution in [2.45, 2.75) is 24.3 Å². The van der Waals surface area contributed by atoms with Crippen molar-refractivity contribution in [3.63, 3.8) is 0 Å². The molecule has 19 heavy (non-hydrogen) atoms. The van der Waals surface area contributed by atoms with E-state index in [0.717, 1.165) is 24.3 Å². The number of nitrogens with zero attached hydrogens (tertiary/aromatic N) is 1. The molecular weight excluding hydrogens is 262 g/mol. The van der Waals surface area contributed by atoms with Crippen LogP contribution in [-0.2, 0) is 19.2 Å². The zero-order chi connectivity index (χ0) is 13.5. The maximum atomic E-state index is 12.1. The number of hydrogen-bond acceptors (Lipinski definition) is 4. The monoisotopic (exact) mass is 277 g/mol. The predicted molar refractivity (Wildman–Crippen MR) is 72.5 cm³/mol. The van der Waals surface area contributed by atoms with Gasteiger partial charge >= 0.3 is 5.97 Å². The fraction of sp³-hybridized carbons (Fsp3) is 0.429. The number of rotatable bonds is 2. The van der Waals surface area contributed by atoms with Crippen LogP contribution in [0.3, 0.4) is 0 Å². The van der Waals surface area contributed by atoms with Crippen LogP contribution in [0.2, 0.25) is 0 Å². The minimum atomic E-state index is -0.683. The maximum Gasteiger partial charge on any atom is 0.303 e. The number of β-lactam (4-membered cyclic amide) rings is 1. The number of fused-ring (bicyclic) bond motifs is 1. The van der Waals surface area contributed by atoms with Gasteiger partial charge in [0.15, 0.2) is 4.87 Å². The molecular formula is C14H15NO3S. The molecule has 1 aromatic carbocycles. The molecule has 2 unspecified atom stereocenters. The maximum absolute atomic E-state index is 12.1. The van der Waals surface area contributed by atoms with E-state index in [9.17, 15) is 9.59 Å². The molecule has 2 aliphatic rings. The number of esters is 1. The lowest BCUT2D eigenvalue weighted by molar-refractivity contribution is -0.188. The molecule has 0 spiro atoms. The summed E-state index contributed by atoms with van der Waals surface area (Å²) in [5.41, 5.74) is 1.03. The second kappa shape index (κ2) is 4.56. The van der Waals surface area contributed by atoms with E-state index in [-0.39, 0.29) is 5.91 Å². The Hall–Kier alpha value is -1.49. The van der Waals surface area contributed by atoms with Gasteiger partial charge in [0.25, 0.3) is 5.91 Å². The van der Waals surface area contributed by atoms with Crippen LogP contribution in [0.5, 0.6) is 0 Å². The van der Waals surface area contributed by atoms with Crippen LogP contribution in [0.4, 0.5) is 0 Å². The van der Waals surface area contributed by atoms with Crippen molar-refractivity contribution in [3.8, 4) is 0 Å². The van der Waals surface area contributed by atoms with Gasteiger partial charge in [0.1, 0.15) is 0 Å². The minimum absolute atomic E-state index is 0.0775. The van der Waals surface area contributed by atoms with E-state index in [0.29, 0.717) is 0 Å². The molecule has 100 valence electrons. The third-order valence-corrected chi connectivity index (χ3v) is 5.17. The molecule has 0 radical (unpaired) electrons. The van der Waals surface area contributed by atoms with Gasteiger partial charge in [0, 0.05) is 13.5 Å². The Labute approximate surface area is 116 Å². The van der Waals surface area contributed by atoms with Gasteiger partial charge < -0.3 is 9.64 Å². The van der Waals surface area contributed by atoms with Gasteiger partial charge in [0.05, 0.1) is 0 Å². The van der Waals surface area contributed by atoms with E-state index in [4.69, 9.17) is 4.74 Å². The van der Waals surface area contributed by atoms with Crippen LogP contribution < -0.4 is 0 Å². The normalized spacial score (nSPS) is 29.4. The fourth-order valence-corrected chi connectivity index (χ4v) is 4.32. The summed E-state index contributed by atoms with van der Waals surface area (Å²) in [5, 5.41) is 0. The first-order valence-corrected chi connectivity index (χ1v) is 7.33. The van der Waals surface area contributed by atoms with Gasteiger partial charge in [-0.15, -0.1) is 11.8 Å². The van der Waals surface area contributed by atoms with Crippen LogP contribution in [0, 0.1) is 0 Å². The molecule has 0 N–H and O–H groups in total. The van der Waals surface area contributed by atoms with Crippen molar-refractivity contribution < 1.29 is 14.3 Å². The van der Waals surface area contributed by atoms with Crippen molar-refractivity contribution in [1.29, 1.82) is 0 Å². The molecule has 4 nitrogen and oxygen atoms in total. The molecule has 2 heterocycles. The molecule has 2 fully saturated rings. The lowest BCUT2D eigenvalue weighted by Gasteiger charge is -2.58. The van der Waals surface area contributed by atoms with Crippen LogP contribution in [0.15, 0.2) is 30.3 Å². The summed E-state index contributed by atoms with van der Waals surface area (Å²) in [5.74, 6) is 0.488. The van der Waals surface area contributed by atoms with Gasteiger partial charge in [0.2, 0.25) is 6.10 Å². The first kappa shape index (κ1) is 12.5. The molecule has 1 aromatic rings. The Morgan fingerprint density at radius 2 is 2.16 bits per heavy atom. The standard InChI is InChI=1S/C14H15NO3S/c1-10(16)18-12-13(17)15-8-5-9-19-14(12,15)11-6-3-2-4-7-11/h2-4,6-7,12H,5,8-9H2,1H3. The quantitative estimate of drug-likeness (QED) is 0.610. The highest BCUT2D eigenvalue weighted by molar-refractivity contribution is 8.00. The van der Waals surface area contributed by atoms with Crippen molar-refractivity contribution in [1.82, 2.24) is 4.90 Å². The second-order valence-electron chi connectivity index (χ2n) is 4.74. The van der Waals surface area contributed by atoms with E-state index >= 15 is 0 Å². The Kier molecular flexibility index (Phi) is 3.01. The molecule has 1 amide bonds. The molecule has 3 rings (SSSR count). The summed E-state index contributed by atoms with van der Waals surface area (Å²) in [6.45, 7) is 2.08. The number of carbonyl (C=O) groups is 2. The van der Waals surface area contributed by atoms with Crippen LogP contribution >= 0.6 is 11.8 Å². The number of thioether (sulfide) groups is 1. The summed E-state index contributed by atoms with van der Waals surface area (Å²) in [6.07, 6.45) is 0.301. The molecule has 2 atom stereocenters. The van der Waals surface area contributed by atoms with Crippen LogP contribution in [0.1, 0.15) is 18.9 Å². The number of carbonyl (C=O) groups excluding carboxylic acids is 2. The van der Waals surface area contributed by atoms with E-state index in [1.807, 2.05) is 35.2 Å². The minimum Gasteiger partial charge on any atom is -0.449 e. The summed E-state index contributed by atoms with van der Waals surface area (Å²) >= 11 is 1.70. The lowest BCUT2D eigenvalue weighted by Crippen LogP contribution is -2.72. The van der Waals surface area contributed by atoms with Crippen molar-refractivity contribution in [2.75, 3.05) is 12.3 Å². The first-order valence-electron chi connectivity index (χ1n) is 6.34. The zero-order valence-electron chi connectivity index (χ0n) is 10.7. The van der Waals surface area contributed by atoms with Gasteiger partial charge in [-0.25, -0.2) is 0 Å². The Morgan fingerprint density at radius 3 is 2.84 bits per heavy atom. The zero-order valence-corrected chi connectivity index (χ0v) is 11.5. The molecule has 0 aromatic heterocycles. The third kappa shape index (κ3) is 1.75. The van der Waals surface area contributed by atoms with Gasteiger partial charge in [-0.3, -0.25) is 9.59 Å². The van der Waals surface area contributed by atoms with Gasteiger partial charge in [-0.1, -0.05) is 30.3 Å². The van der Waals surface area contributed by atoms with E-state index in [1.165, 1.54) is 6.92 Å². The summed E-state index contributed by atoms with van der Waals surface area (Å²) in [4.78, 5) is 24.7. The number of benzene rings is 1. The predicted octanol–water partition coefficient (Wildman–Crippen LogP) is 1.75. The van der Waals surface area contributed by atoms with E-state index in [1.54, 1.807) is 11.8 Å². The number of ether oxygens (including phenoxy) is 1. The fourth-order valence-electron chi connectivity index (χ4n) is 2.79. The number of amides is 1. The molecule has 5 heteroatoms. The molecule has 2 aliphatic heterocycles. The van der Waals surface area contributed by atoms with Crippen molar-refractivity contribution >= 4 is 23.6 Å². The van der Waals surface area contributed by atoms with Gasteiger partial charge in [-0.05, 0) is 17.7 Å². The Bertz CT molecular complexity index is 519. The van der Waals surface area contributed by atoms with Gasteiger partial charge in [-0.2, -0.15) is 0 Å².